The van der Waals surface area contributed by atoms with Crippen LogP contribution >= 0.6 is 0 Å². The zero-order chi connectivity index (χ0) is 18.7. The standard InChI is InChI=1S/C20H31N3O3/c1-15-13-23(14-16(2)26-15)20(24)17(3)21-8-10-22(11-9-21)18-6-5-7-19(12-18)25-4/h5-7,12,15-17H,8-11,13-14H2,1-4H3/p+1/t15-,16+,17-/m1/s1. The summed E-state index contributed by atoms with van der Waals surface area (Å²) < 4.78 is 11.1. The number of anilines is 1. The van der Waals surface area contributed by atoms with Crippen molar-refractivity contribution in [1.29, 1.82) is 0 Å². The SMILES string of the molecule is COc1cccc(N2CC[NH+]([C@H](C)C(=O)N3C[C@@H](C)O[C@@H](C)C3)CC2)c1. The van der Waals surface area contributed by atoms with Crippen LogP contribution in [0.5, 0.6) is 5.75 Å². The largest absolute Gasteiger partial charge is 0.497 e. The number of quaternary nitrogens is 1. The summed E-state index contributed by atoms with van der Waals surface area (Å²) in [7, 11) is 1.70. The minimum atomic E-state index is -0.0000375. The summed E-state index contributed by atoms with van der Waals surface area (Å²) in [6, 6.07) is 8.20. The second-order valence-electron chi connectivity index (χ2n) is 7.57. The number of ether oxygens (including phenoxy) is 2. The van der Waals surface area contributed by atoms with E-state index >= 15 is 0 Å². The molecule has 1 aromatic carbocycles. The molecule has 2 aliphatic rings. The van der Waals surface area contributed by atoms with E-state index in [1.807, 2.05) is 30.9 Å². The first kappa shape index (κ1) is 19.0. The normalized spacial score (nSPS) is 25.8. The van der Waals surface area contributed by atoms with Crippen LogP contribution in [0, 0.1) is 0 Å². The summed E-state index contributed by atoms with van der Waals surface area (Å²) in [5, 5.41) is 0. The molecule has 0 aliphatic carbocycles. The summed E-state index contributed by atoms with van der Waals surface area (Å²) in [6.45, 7) is 11.4. The highest BCUT2D eigenvalue weighted by Crippen LogP contribution is 2.20. The van der Waals surface area contributed by atoms with Crippen LogP contribution in [-0.4, -0.2) is 75.4 Å². The quantitative estimate of drug-likeness (QED) is 0.844. The van der Waals surface area contributed by atoms with Crippen molar-refractivity contribution in [2.24, 2.45) is 0 Å². The lowest BCUT2D eigenvalue weighted by molar-refractivity contribution is -0.915. The van der Waals surface area contributed by atoms with Crippen LogP contribution in [0.25, 0.3) is 0 Å². The lowest BCUT2D eigenvalue weighted by Crippen LogP contribution is -3.19. The lowest BCUT2D eigenvalue weighted by atomic mass is 10.1. The fourth-order valence-electron chi connectivity index (χ4n) is 4.10. The maximum Gasteiger partial charge on any atom is 0.280 e. The fraction of sp³-hybridized carbons (Fsp3) is 0.650. The molecule has 0 aromatic heterocycles. The van der Waals surface area contributed by atoms with Crippen molar-refractivity contribution in [3.8, 4) is 5.75 Å². The molecule has 144 valence electrons. The number of piperazine rings is 1. The van der Waals surface area contributed by atoms with Gasteiger partial charge in [-0.1, -0.05) is 6.07 Å². The highest BCUT2D eigenvalue weighted by atomic mass is 16.5. The number of morpholine rings is 1. The Morgan fingerprint density at radius 3 is 2.50 bits per heavy atom. The third kappa shape index (κ3) is 4.30. The van der Waals surface area contributed by atoms with Crippen LogP contribution in [0.15, 0.2) is 24.3 Å². The van der Waals surface area contributed by atoms with E-state index in [-0.39, 0.29) is 24.2 Å². The van der Waals surface area contributed by atoms with Gasteiger partial charge in [-0.25, -0.2) is 0 Å². The van der Waals surface area contributed by atoms with E-state index in [0.29, 0.717) is 13.1 Å². The predicted octanol–water partition coefficient (Wildman–Crippen LogP) is 0.424. The molecule has 0 unspecified atom stereocenters. The molecule has 1 aromatic rings. The molecule has 1 amide bonds. The minimum absolute atomic E-state index is 0.0000375. The molecule has 6 heteroatoms. The first-order valence-corrected chi connectivity index (χ1v) is 9.65. The number of carbonyl (C=O) groups excluding carboxylic acids is 1. The summed E-state index contributed by atoms with van der Waals surface area (Å²) in [5.74, 6) is 1.15. The molecule has 2 heterocycles. The van der Waals surface area contributed by atoms with Gasteiger partial charge in [-0.3, -0.25) is 4.79 Å². The Labute approximate surface area is 156 Å². The maximum absolute atomic E-state index is 12.9. The number of methoxy groups -OCH3 is 1. The Hall–Kier alpha value is -1.79. The van der Waals surface area contributed by atoms with E-state index in [1.165, 1.54) is 10.6 Å². The topological polar surface area (TPSA) is 46.5 Å². The summed E-state index contributed by atoms with van der Waals surface area (Å²) in [6.07, 6.45) is 0.240. The van der Waals surface area contributed by atoms with Gasteiger partial charge in [0.1, 0.15) is 5.75 Å². The third-order valence-electron chi connectivity index (χ3n) is 5.54. The highest BCUT2D eigenvalue weighted by molar-refractivity contribution is 5.80. The van der Waals surface area contributed by atoms with Gasteiger partial charge >= 0.3 is 0 Å². The van der Waals surface area contributed by atoms with Gasteiger partial charge in [-0.05, 0) is 32.9 Å². The van der Waals surface area contributed by atoms with Gasteiger partial charge in [-0.15, -0.1) is 0 Å². The van der Waals surface area contributed by atoms with Crippen molar-refractivity contribution in [2.75, 3.05) is 51.3 Å². The minimum Gasteiger partial charge on any atom is -0.497 e. The monoisotopic (exact) mass is 362 g/mol. The number of hydrogen-bond acceptors (Lipinski definition) is 4. The van der Waals surface area contributed by atoms with Crippen molar-refractivity contribution in [2.45, 2.75) is 39.0 Å². The van der Waals surface area contributed by atoms with E-state index in [4.69, 9.17) is 9.47 Å². The summed E-state index contributed by atoms with van der Waals surface area (Å²) in [5.41, 5.74) is 1.19. The zero-order valence-electron chi connectivity index (χ0n) is 16.4. The number of nitrogens with zero attached hydrogens (tertiary/aromatic N) is 2. The number of amides is 1. The number of benzene rings is 1. The summed E-state index contributed by atoms with van der Waals surface area (Å²) >= 11 is 0. The number of nitrogens with one attached hydrogen (secondary N) is 1. The molecule has 3 atom stereocenters. The van der Waals surface area contributed by atoms with Crippen LogP contribution < -0.4 is 14.5 Å². The van der Waals surface area contributed by atoms with Crippen molar-refractivity contribution in [3.63, 3.8) is 0 Å². The van der Waals surface area contributed by atoms with Gasteiger partial charge in [0.15, 0.2) is 6.04 Å². The molecule has 0 bridgehead atoms. The van der Waals surface area contributed by atoms with Gasteiger partial charge in [0.25, 0.3) is 5.91 Å². The molecule has 1 N–H and O–H groups in total. The molecule has 0 spiro atoms. The second kappa shape index (κ2) is 8.27. The van der Waals surface area contributed by atoms with Crippen LogP contribution in [0.1, 0.15) is 20.8 Å². The smallest absolute Gasteiger partial charge is 0.280 e. The van der Waals surface area contributed by atoms with Crippen LogP contribution in [0.4, 0.5) is 5.69 Å². The molecule has 2 saturated heterocycles. The molecule has 0 radical (unpaired) electrons. The fourth-order valence-corrected chi connectivity index (χ4v) is 4.10. The van der Waals surface area contributed by atoms with Gasteiger partial charge < -0.3 is 24.2 Å². The van der Waals surface area contributed by atoms with Gasteiger partial charge in [-0.2, -0.15) is 0 Å². The van der Waals surface area contributed by atoms with E-state index in [2.05, 4.69) is 24.0 Å². The van der Waals surface area contributed by atoms with Crippen molar-refractivity contribution in [1.82, 2.24) is 4.90 Å². The number of carbonyl (C=O) groups is 1. The predicted molar refractivity (Wildman–Crippen MR) is 102 cm³/mol. The Balaban J connectivity index is 1.56. The third-order valence-corrected chi connectivity index (χ3v) is 5.54. The Kier molecular flexibility index (Phi) is 6.04. The van der Waals surface area contributed by atoms with Crippen molar-refractivity contribution in [3.05, 3.63) is 24.3 Å². The zero-order valence-corrected chi connectivity index (χ0v) is 16.4. The van der Waals surface area contributed by atoms with Crippen molar-refractivity contribution >= 4 is 11.6 Å². The Bertz CT molecular complexity index is 606. The van der Waals surface area contributed by atoms with E-state index in [1.54, 1.807) is 7.11 Å². The first-order valence-electron chi connectivity index (χ1n) is 9.65. The van der Waals surface area contributed by atoms with Gasteiger partial charge in [0.05, 0.1) is 45.5 Å². The van der Waals surface area contributed by atoms with Gasteiger partial charge in [0, 0.05) is 24.8 Å². The molecule has 2 fully saturated rings. The van der Waals surface area contributed by atoms with Crippen LogP contribution in [-0.2, 0) is 9.53 Å². The van der Waals surface area contributed by atoms with Crippen LogP contribution in [0.3, 0.4) is 0 Å². The Morgan fingerprint density at radius 2 is 1.88 bits per heavy atom. The van der Waals surface area contributed by atoms with Crippen molar-refractivity contribution < 1.29 is 19.2 Å². The lowest BCUT2D eigenvalue weighted by Gasteiger charge is -2.40. The van der Waals surface area contributed by atoms with E-state index in [9.17, 15) is 4.79 Å². The highest BCUT2D eigenvalue weighted by Gasteiger charge is 2.35. The first-order chi connectivity index (χ1) is 12.5. The molecular formula is C20H32N3O3+. The van der Waals surface area contributed by atoms with Crippen LogP contribution in [0.2, 0.25) is 0 Å². The molecule has 2 aliphatic heterocycles. The molecule has 3 rings (SSSR count). The van der Waals surface area contributed by atoms with E-state index < -0.39 is 0 Å². The Morgan fingerprint density at radius 1 is 1.23 bits per heavy atom. The number of hydrogen-bond donors (Lipinski definition) is 1. The maximum atomic E-state index is 12.9. The molecule has 0 saturated carbocycles. The average Bonchev–Trinajstić information content (AvgIpc) is 2.66. The number of rotatable bonds is 4. The average molecular weight is 362 g/mol. The van der Waals surface area contributed by atoms with Gasteiger partial charge in [0.2, 0.25) is 0 Å². The summed E-state index contributed by atoms with van der Waals surface area (Å²) in [4.78, 5) is 18.7. The van der Waals surface area contributed by atoms with E-state index in [0.717, 1.165) is 31.9 Å². The second-order valence-corrected chi connectivity index (χ2v) is 7.57. The molecule has 6 nitrogen and oxygen atoms in total. The molecular weight excluding hydrogens is 330 g/mol. The molecule has 26 heavy (non-hydrogen) atoms.